The fourth-order valence-electron chi connectivity index (χ4n) is 4.31. The van der Waals surface area contributed by atoms with Gasteiger partial charge in [-0.2, -0.15) is 4.98 Å². The van der Waals surface area contributed by atoms with Gasteiger partial charge in [-0.25, -0.2) is 9.97 Å². The van der Waals surface area contributed by atoms with Gasteiger partial charge < -0.3 is 15.7 Å². The van der Waals surface area contributed by atoms with Gasteiger partial charge in [-0.15, -0.1) is 11.3 Å². The molecule has 1 fully saturated rings. The molecule has 1 aliphatic rings. The fraction of sp³-hybridized carbons (Fsp3) is 0.542. The first kappa shape index (κ1) is 22.0. The Morgan fingerprint density at radius 3 is 2.74 bits per heavy atom. The molecule has 1 unspecified atom stereocenters. The molecule has 4 rings (SSSR count). The average Bonchev–Trinajstić information content (AvgIpc) is 3.40. The van der Waals surface area contributed by atoms with Gasteiger partial charge >= 0.3 is 0 Å². The lowest BCUT2D eigenvalue weighted by atomic mass is 10.1. The number of aromatic nitrogens is 3. The molecule has 3 N–H and O–H groups in total. The van der Waals surface area contributed by atoms with E-state index in [2.05, 4.69) is 23.6 Å². The maximum absolute atomic E-state index is 9.54. The molecular formula is C24H33N5OS. The first-order valence-electron chi connectivity index (χ1n) is 11.5. The number of para-hydroxylation sites is 1. The number of thiazole rings is 1. The summed E-state index contributed by atoms with van der Waals surface area (Å²) in [6.07, 6.45) is 7.92. The van der Waals surface area contributed by atoms with Crippen molar-refractivity contribution in [3.05, 3.63) is 30.0 Å². The summed E-state index contributed by atoms with van der Waals surface area (Å²) in [5, 5.41) is 17.6. The van der Waals surface area contributed by atoms with E-state index in [1.54, 1.807) is 11.3 Å². The van der Waals surface area contributed by atoms with Gasteiger partial charge in [0.05, 0.1) is 21.5 Å². The number of fused-ring (bicyclic) bond motifs is 1. The molecule has 1 aliphatic carbocycles. The van der Waals surface area contributed by atoms with Crippen molar-refractivity contribution >= 4 is 33.3 Å². The quantitative estimate of drug-likeness (QED) is 0.355. The van der Waals surface area contributed by atoms with Gasteiger partial charge in [-0.05, 0) is 50.7 Å². The van der Waals surface area contributed by atoms with Gasteiger partial charge in [0.15, 0.2) is 0 Å². The van der Waals surface area contributed by atoms with Crippen molar-refractivity contribution < 1.29 is 5.11 Å². The van der Waals surface area contributed by atoms with Crippen molar-refractivity contribution in [3.8, 4) is 10.6 Å². The summed E-state index contributed by atoms with van der Waals surface area (Å²) < 4.78 is 1.17. The SMILES string of the molecule is CCCCCCNc1nc(C)c(-c2nc3ccccc3s2)c(NC2CC[C@@H](CO)C2)n1. The van der Waals surface area contributed by atoms with Gasteiger partial charge in [-0.1, -0.05) is 38.3 Å². The summed E-state index contributed by atoms with van der Waals surface area (Å²) in [4.78, 5) is 14.5. The number of hydrogen-bond donors (Lipinski definition) is 3. The van der Waals surface area contributed by atoms with Crippen molar-refractivity contribution in [3.63, 3.8) is 0 Å². The maximum Gasteiger partial charge on any atom is 0.224 e. The second-order valence-corrected chi connectivity index (χ2v) is 9.56. The Kier molecular flexibility index (Phi) is 7.35. The van der Waals surface area contributed by atoms with E-state index in [9.17, 15) is 5.11 Å². The number of aliphatic hydroxyl groups is 1. The monoisotopic (exact) mass is 439 g/mol. The van der Waals surface area contributed by atoms with Crippen LogP contribution in [0.2, 0.25) is 0 Å². The standard InChI is InChI=1S/C24H33N5OS/c1-3-4-5-8-13-25-24-26-16(2)21(23-28-19-9-6-7-10-20(19)31-23)22(29-24)27-18-12-11-17(14-18)15-30/h6-7,9-10,17-18,30H,3-5,8,11-15H2,1-2H3,(H2,25,26,27,29)/t17-,18?/m1/s1. The number of anilines is 2. The van der Waals surface area contributed by atoms with E-state index >= 15 is 0 Å². The van der Waals surface area contributed by atoms with Gasteiger partial charge in [0, 0.05) is 19.2 Å². The Labute approximate surface area is 188 Å². The topological polar surface area (TPSA) is 83.0 Å². The van der Waals surface area contributed by atoms with Crippen LogP contribution in [0.1, 0.15) is 57.6 Å². The van der Waals surface area contributed by atoms with Crippen molar-refractivity contribution in [2.45, 2.75) is 64.8 Å². The van der Waals surface area contributed by atoms with E-state index < -0.39 is 0 Å². The molecule has 7 heteroatoms. The maximum atomic E-state index is 9.54. The zero-order valence-electron chi connectivity index (χ0n) is 18.5. The molecule has 3 aromatic rings. The number of rotatable bonds is 10. The Morgan fingerprint density at radius 1 is 1.10 bits per heavy atom. The highest BCUT2D eigenvalue weighted by Crippen LogP contribution is 2.37. The minimum Gasteiger partial charge on any atom is -0.396 e. The number of benzene rings is 1. The predicted octanol–water partition coefficient (Wildman–Crippen LogP) is 5.63. The number of unbranched alkanes of at least 4 members (excludes halogenated alkanes) is 3. The zero-order valence-corrected chi connectivity index (χ0v) is 19.3. The molecule has 166 valence electrons. The van der Waals surface area contributed by atoms with Gasteiger partial charge in [0.1, 0.15) is 10.8 Å². The molecule has 0 amide bonds. The molecule has 31 heavy (non-hydrogen) atoms. The lowest BCUT2D eigenvalue weighted by Gasteiger charge is -2.18. The molecule has 2 aromatic heterocycles. The molecule has 1 saturated carbocycles. The van der Waals surface area contributed by atoms with Gasteiger partial charge in [0.2, 0.25) is 5.95 Å². The number of hydrogen-bond acceptors (Lipinski definition) is 7. The summed E-state index contributed by atoms with van der Waals surface area (Å²) >= 11 is 1.68. The molecule has 2 heterocycles. The fourth-order valence-corrected chi connectivity index (χ4v) is 5.37. The molecule has 2 atom stereocenters. The minimum absolute atomic E-state index is 0.260. The van der Waals surface area contributed by atoms with E-state index in [1.807, 2.05) is 25.1 Å². The minimum atomic E-state index is 0.260. The smallest absolute Gasteiger partial charge is 0.224 e. The summed E-state index contributed by atoms with van der Waals surface area (Å²) in [6.45, 7) is 5.41. The number of aryl methyl sites for hydroxylation is 1. The third-order valence-electron chi connectivity index (χ3n) is 6.05. The van der Waals surface area contributed by atoms with Crippen LogP contribution in [0.4, 0.5) is 11.8 Å². The molecule has 0 spiro atoms. The highest BCUT2D eigenvalue weighted by atomic mass is 32.1. The lowest BCUT2D eigenvalue weighted by molar-refractivity contribution is 0.229. The van der Waals surface area contributed by atoms with Crippen molar-refractivity contribution in [2.75, 3.05) is 23.8 Å². The predicted molar refractivity (Wildman–Crippen MR) is 130 cm³/mol. The summed E-state index contributed by atoms with van der Waals surface area (Å²) in [7, 11) is 0. The number of aliphatic hydroxyl groups excluding tert-OH is 1. The zero-order chi connectivity index (χ0) is 21.6. The largest absolute Gasteiger partial charge is 0.396 e. The highest BCUT2D eigenvalue weighted by Gasteiger charge is 2.26. The van der Waals surface area contributed by atoms with Crippen molar-refractivity contribution in [1.82, 2.24) is 15.0 Å². The molecule has 0 saturated heterocycles. The summed E-state index contributed by atoms with van der Waals surface area (Å²) in [5.41, 5.74) is 2.93. The number of nitrogens with zero attached hydrogens (tertiary/aromatic N) is 3. The average molecular weight is 440 g/mol. The van der Waals surface area contributed by atoms with Crippen molar-refractivity contribution in [1.29, 1.82) is 0 Å². The highest BCUT2D eigenvalue weighted by molar-refractivity contribution is 7.21. The third kappa shape index (κ3) is 5.33. The molecule has 1 aromatic carbocycles. The molecule has 0 aliphatic heterocycles. The third-order valence-corrected chi connectivity index (χ3v) is 7.11. The molecular weight excluding hydrogens is 406 g/mol. The van der Waals surface area contributed by atoms with Crippen LogP contribution >= 0.6 is 11.3 Å². The Morgan fingerprint density at radius 2 is 1.97 bits per heavy atom. The van der Waals surface area contributed by atoms with Crippen LogP contribution in [0.15, 0.2) is 24.3 Å². The molecule has 0 radical (unpaired) electrons. The first-order valence-corrected chi connectivity index (χ1v) is 12.4. The second-order valence-electron chi connectivity index (χ2n) is 8.53. The van der Waals surface area contributed by atoms with Crippen LogP contribution in [-0.2, 0) is 0 Å². The first-order chi connectivity index (χ1) is 15.2. The second kappa shape index (κ2) is 10.4. The van der Waals surface area contributed by atoms with Crippen LogP contribution < -0.4 is 10.6 Å². The van der Waals surface area contributed by atoms with Crippen molar-refractivity contribution in [2.24, 2.45) is 5.92 Å². The van der Waals surface area contributed by atoms with E-state index in [1.165, 1.54) is 24.0 Å². The molecule has 0 bridgehead atoms. The van der Waals surface area contributed by atoms with E-state index in [0.717, 1.165) is 59.8 Å². The van der Waals surface area contributed by atoms with E-state index in [4.69, 9.17) is 15.0 Å². The number of nitrogens with one attached hydrogen (secondary N) is 2. The lowest BCUT2D eigenvalue weighted by Crippen LogP contribution is -2.19. The van der Waals surface area contributed by atoms with Gasteiger partial charge in [0.25, 0.3) is 0 Å². The molecule has 6 nitrogen and oxygen atoms in total. The van der Waals surface area contributed by atoms with Gasteiger partial charge in [-0.3, -0.25) is 0 Å². The Bertz CT molecular complexity index is 972. The van der Waals surface area contributed by atoms with Crippen LogP contribution in [0.25, 0.3) is 20.8 Å². The Balaban J connectivity index is 1.62. The summed E-state index contributed by atoms with van der Waals surface area (Å²) in [6, 6.07) is 8.54. The van der Waals surface area contributed by atoms with E-state index in [0.29, 0.717) is 17.9 Å². The van der Waals surface area contributed by atoms with E-state index in [-0.39, 0.29) is 6.61 Å². The van der Waals surface area contributed by atoms with Crippen LogP contribution in [0, 0.1) is 12.8 Å². The van der Waals surface area contributed by atoms with Crippen LogP contribution in [-0.4, -0.2) is 39.3 Å². The Hall–Kier alpha value is -2.25. The van der Waals surface area contributed by atoms with Crippen LogP contribution in [0.5, 0.6) is 0 Å². The normalized spacial score (nSPS) is 18.5. The van der Waals surface area contributed by atoms with Crippen LogP contribution in [0.3, 0.4) is 0 Å². The summed E-state index contributed by atoms with van der Waals surface area (Å²) in [5.74, 6) is 1.91.